The van der Waals surface area contributed by atoms with E-state index in [2.05, 4.69) is 10.3 Å². The molecule has 0 aromatic heterocycles. The standard InChI is InChI=1S/C19H17F2N3O/c20-14-6-7-15(21)16(12-14)23-11-8-17(22)24-18(25)19(9-10-19)13-4-2-1-3-5-13/h1-8,11-12,23H,9-10H2,(H2,22,24,25)/b11-8-. The molecule has 0 radical (unpaired) electrons. The number of nitrogens with two attached hydrogens (primary N) is 1. The Morgan fingerprint density at radius 1 is 1.16 bits per heavy atom. The maximum Gasteiger partial charge on any atom is 0.258 e. The van der Waals surface area contributed by atoms with Crippen molar-refractivity contribution >= 4 is 17.4 Å². The number of nitrogens with zero attached hydrogens (tertiary/aromatic N) is 1. The third-order valence-corrected chi connectivity index (χ3v) is 4.14. The van der Waals surface area contributed by atoms with Gasteiger partial charge in [-0.3, -0.25) is 4.79 Å². The minimum absolute atomic E-state index is 0.00322. The topological polar surface area (TPSA) is 67.5 Å². The molecule has 128 valence electrons. The van der Waals surface area contributed by atoms with Gasteiger partial charge in [-0.2, -0.15) is 4.99 Å². The minimum atomic E-state index is -0.598. The highest BCUT2D eigenvalue weighted by Gasteiger charge is 2.51. The zero-order valence-corrected chi connectivity index (χ0v) is 13.4. The van der Waals surface area contributed by atoms with E-state index in [1.54, 1.807) is 0 Å². The van der Waals surface area contributed by atoms with Gasteiger partial charge in [-0.05, 0) is 36.6 Å². The minimum Gasteiger partial charge on any atom is -0.384 e. The van der Waals surface area contributed by atoms with Crippen molar-refractivity contribution in [1.29, 1.82) is 0 Å². The molecule has 25 heavy (non-hydrogen) atoms. The Morgan fingerprint density at radius 3 is 2.56 bits per heavy atom. The number of benzene rings is 2. The first-order chi connectivity index (χ1) is 12.0. The summed E-state index contributed by atoms with van der Waals surface area (Å²) in [5.74, 6) is -1.46. The zero-order valence-electron chi connectivity index (χ0n) is 13.4. The lowest BCUT2D eigenvalue weighted by Crippen LogP contribution is -2.22. The zero-order chi connectivity index (χ0) is 17.9. The van der Waals surface area contributed by atoms with Crippen molar-refractivity contribution in [2.75, 3.05) is 5.32 Å². The molecule has 4 nitrogen and oxygen atoms in total. The second-order valence-corrected chi connectivity index (χ2v) is 5.89. The van der Waals surface area contributed by atoms with Crippen LogP contribution in [0.3, 0.4) is 0 Å². The van der Waals surface area contributed by atoms with Crippen LogP contribution in [0, 0.1) is 11.6 Å². The molecular weight excluding hydrogens is 324 g/mol. The van der Waals surface area contributed by atoms with Crippen LogP contribution in [0.1, 0.15) is 18.4 Å². The molecular formula is C19H17F2N3O. The van der Waals surface area contributed by atoms with Crippen LogP contribution >= 0.6 is 0 Å². The van der Waals surface area contributed by atoms with Crippen LogP contribution in [0.4, 0.5) is 14.5 Å². The fourth-order valence-corrected chi connectivity index (χ4v) is 2.59. The molecule has 1 saturated carbocycles. The summed E-state index contributed by atoms with van der Waals surface area (Å²) in [4.78, 5) is 16.4. The average molecular weight is 341 g/mol. The third-order valence-electron chi connectivity index (χ3n) is 4.14. The molecule has 0 unspecified atom stereocenters. The van der Waals surface area contributed by atoms with Crippen LogP contribution in [0.5, 0.6) is 0 Å². The summed E-state index contributed by atoms with van der Waals surface area (Å²) in [5.41, 5.74) is 6.06. The first-order valence-electron chi connectivity index (χ1n) is 7.83. The third kappa shape index (κ3) is 3.74. The second kappa shape index (κ2) is 6.84. The van der Waals surface area contributed by atoms with E-state index < -0.39 is 17.0 Å². The number of amides is 1. The number of hydrogen-bond acceptors (Lipinski definition) is 2. The highest BCUT2D eigenvalue weighted by atomic mass is 19.1. The van der Waals surface area contributed by atoms with Crippen LogP contribution in [0.2, 0.25) is 0 Å². The average Bonchev–Trinajstić information content (AvgIpc) is 3.41. The highest BCUT2D eigenvalue weighted by Crippen LogP contribution is 2.49. The molecule has 2 aromatic carbocycles. The second-order valence-electron chi connectivity index (χ2n) is 5.89. The molecule has 3 rings (SSSR count). The molecule has 1 fully saturated rings. The van der Waals surface area contributed by atoms with E-state index in [9.17, 15) is 13.6 Å². The van der Waals surface area contributed by atoms with Crippen molar-refractivity contribution in [2.45, 2.75) is 18.3 Å². The summed E-state index contributed by atoms with van der Waals surface area (Å²) in [7, 11) is 0. The van der Waals surface area contributed by atoms with E-state index in [0.717, 1.165) is 36.6 Å². The maximum atomic E-state index is 13.5. The summed E-state index contributed by atoms with van der Waals surface area (Å²) in [6.07, 6.45) is 4.13. The van der Waals surface area contributed by atoms with Gasteiger partial charge in [-0.1, -0.05) is 30.3 Å². The van der Waals surface area contributed by atoms with Gasteiger partial charge in [0.25, 0.3) is 5.91 Å². The molecule has 0 bridgehead atoms. The molecule has 0 heterocycles. The van der Waals surface area contributed by atoms with E-state index in [-0.39, 0.29) is 17.4 Å². The number of nitrogens with one attached hydrogen (secondary N) is 1. The summed E-state index contributed by atoms with van der Waals surface area (Å²) in [5, 5.41) is 2.58. The van der Waals surface area contributed by atoms with Crippen molar-refractivity contribution in [3.8, 4) is 0 Å². The largest absolute Gasteiger partial charge is 0.384 e. The van der Waals surface area contributed by atoms with Gasteiger partial charge in [0.05, 0.1) is 11.1 Å². The molecule has 0 aliphatic heterocycles. The molecule has 1 aliphatic carbocycles. The number of hydrogen-bond donors (Lipinski definition) is 2. The summed E-state index contributed by atoms with van der Waals surface area (Å²) in [6.45, 7) is 0. The quantitative estimate of drug-likeness (QED) is 0.646. The number of anilines is 1. The van der Waals surface area contributed by atoms with Gasteiger partial charge in [0.1, 0.15) is 17.5 Å². The van der Waals surface area contributed by atoms with E-state index in [1.165, 1.54) is 12.3 Å². The molecule has 2 aromatic rings. The number of aliphatic imine (C=N–C) groups is 1. The molecule has 1 amide bonds. The van der Waals surface area contributed by atoms with E-state index >= 15 is 0 Å². The van der Waals surface area contributed by atoms with Gasteiger partial charge in [0.15, 0.2) is 0 Å². The lowest BCUT2D eigenvalue weighted by Gasteiger charge is -2.11. The molecule has 0 saturated heterocycles. The predicted molar refractivity (Wildman–Crippen MR) is 93.1 cm³/mol. The molecule has 0 atom stereocenters. The summed E-state index contributed by atoms with van der Waals surface area (Å²) in [6, 6.07) is 12.5. The maximum absolute atomic E-state index is 13.5. The first-order valence-corrected chi connectivity index (χ1v) is 7.83. The van der Waals surface area contributed by atoms with Crippen molar-refractivity contribution in [3.63, 3.8) is 0 Å². The monoisotopic (exact) mass is 341 g/mol. The summed E-state index contributed by atoms with van der Waals surface area (Å²) >= 11 is 0. The van der Waals surface area contributed by atoms with Crippen LogP contribution in [-0.2, 0) is 10.2 Å². The van der Waals surface area contributed by atoms with Gasteiger partial charge in [-0.15, -0.1) is 0 Å². The normalized spacial score (nSPS) is 16.0. The lowest BCUT2D eigenvalue weighted by atomic mass is 9.95. The lowest BCUT2D eigenvalue weighted by molar-refractivity contribution is -0.120. The molecule has 0 spiro atoms. The van der Waals surface area contributed by atoms with Gasteiger partial charge in [0, 0.05) is 12.3 Å². The number of carbonyl (C=O) groups is 1. The van der Waals surface area contributed by atoms with E-state index in [4.69, 9.17) is 5.73 Å². The molecule has 1 aliphatic rings. The molecule has 6 heteroatoms. The van der Waals surface area contributed by atoms with E-state index in [1.807, 2.05) is 30.3 Å². The Bertz CT molecular complexity index is 843. The fourth-order valence-electron chi connectivity index (χ4n) is 2.59. The molecule has 3 N–H and O–H groups in total. The number of amidine groups is 1. The van der Waals surface area contributed by atoms with Crippen molar-refractivity contribution < 1.29 is 13.6 Å². The summed E-state index contributed by atoms with van der Waals surface area (Å²) < 4.78 is 26.6. The number of carbonyl (C=O) groups excluding carboxylic acids is 1. The SMILES string of the molecule is NC(/C=C\Nc1cc(F)ccc1F)=NC(=O)C1(c2ccccc2)CC1. The van der Waals surface area contributed by atoms with Gasteiger partial charge >= 0.3 is 0 Å². The number of halogens is 2. The highest BCUT2D eigenvalue weighted by molar-refractivity contribution is 6.04. The van der Waals surface area contributed by atoms with Gasteiger partial charge in [0.2, 0.25) is 0 Å². The van der Waals surface area contributed by atoms with Crippen molar-refractivity contribution in [3.05, 3.63) is 78.0 Å². The van der Waals surface area contributed by atoms with Crippen LogP contribution in [-0.4, -0.2) is 11.7 Å². The Balaban J connectivity index is 1.67. The Labute approximate surface area is 144 Å². The predicted octanol–water partition coefficient (Wildman–Crippen LogP) is 3.51. The smallest absolute Gasteiger partial charge is 0.258 e. The van der Waals surface area contributed by atoms with Crippen LogP contribution in [0.25, 0.3) is 0 Å². The van der Waals surface area contributed by atoms with Crippen LogP contribution in [0.15, 0.2) is 65.8 Å². The van der Waals surface area contributed by atoms with Crippen molar-refractivity contribution in [1.82, 2.24) is 0 Å². The van der Waals surface area contributed by atoms with Gasteiger partial charge < -0.3 is 11.1 Å². The fraction of sp³-hybridized carbons (Fsp3) is 0.158. The van der Waals surface area contributed by atoms with Gasteiger partial charge in [-0.25, -0.2) is 8.78 Å². The first kappa shape index (κ1) is 16.8. The Hall–Kier alpha value is -3.02. The Kier molecular flexibility index (Phi) is 4.61. The number of rotatable bonds is 5. The van der Waals surface area contributed by atoms with Crippen molar-refractivity contribution in [2.24, 2.45) is 10.7 Å². The van der Waals surface area contributed by atoms with E-state index in [0.29, 0.717) is 0 Å². The Morgan fingerprint density at radius 2 is 1.88 bits per heavy atom. The van der Waals surface area contributed by atoms with Crippen LogP contribution < -0.4 is 11.1 Å².